The van der Waals surface area contributed by atoms with Crippen LogP contribution in [0.4, 0.5) is 0 Å². The molecular formula is C12H15N7. The molecule has 19 heavy (non-hydrogen) atoms. The van der Waals surface area contributed by atoms with Crippen LogP contribution in [-0.4, -0.2) is 30.2 Å². The van der Waals surface area contributed by atoms with E-state index >= 15 is 0 Å². The van der Waals surface area contributed by atoms with Gasteiger partial charge < -0.3 is 9.88 Å². The maximum Gasteiger partial charge on any atom is 0.188 e. The van der Waals surface area contributed by atoms with Gasteiger partial charge in [-0.3, -0.25) is 0 Å². The number of H-pyrrole nitrogens is 1. The molecule has 0 radical (unpaired) electrons. The second kappa shape index (κ2) is 4.77. The van der Waals surface area contributed by atoms with E-state index < -0.39 is 0 Å². The van der Waals surface area contributed by atoms with Crippen molar-refractivity contribution >= 4 is 11.0 Å². The van der Waals surface area contributed by atoms with Crippen molar-refractivity contribution in [2.75, 3.05) is 0 Å². The number of benzene rings is 1. The molecule has 0 aliphatic heterocycles. The predicted molar refractivity (Wildman–Crippen MR) is 70.1 cm³/mol. The molecule has 2 heterocycles. The molecule has 98 valence electrons. The van der Waals surface area contributed by atoms with Crippen LogP contribution in [0.15, 0.2) is 24.3 Å². The first-order chi connectivity index (χ1) is 9.25. The number of nitrogens with one attached hydrogen (secondary N) is 2. The summed E-state index contributed by atoms with van der Waals surface area (Å²) in [6.07, 6.45) is 0. The van der Waals surface area contributed by atoms with Crippen LogP contribution in [0.1, 0.15) is 24.6 Å². The van der Waals surface area contributed by atoms with Gasteiger partial charge in [0.1, 0.15) is 5.82 Å². The Balaban J connectivity index is 1.81. The van der Waals surface area contributed by atoms with Gasteiger partial charge in [-0.1, -0.05) is 17.3 Å². The fourth-order valence-electron chi connectivity index (χ4n) is 2.14. The molecule has 7 nitrogen and oxygen atoms in total. The van der Waals surface area contributed by atoms with Crippen molar-refractivity contribution in [2.24, 2.45) is 7.05 Å². The summed E-state index contributed by atoms with van der Waals surface area (Å²) in [5, 5.41) is 17.1. The van der Waals surface area contributed by atoms with E-state index in [1.807, 2.05) is 25.2 Å². The van der Waals surface area contributed by atoms with Gasteiger partial charge in [0, 0.05) is 7.05 Å². The zero-order chi connectivity index (χ0) is 13.2. The summed E-state index contributed by atoms with van der Waals surface area (Å²) < 4.78 is 2.10. The summed E-state index contributed by atoms with van der Waals surface area (Å²) in [6.45, 7) is 2.63. The van der Waals surface area contributed by atoms with Gasteiger partial charge in [-0.25, -0.2) is 4.98 Å². The summed E-state index contributed by atoms with van der Waals surface area (Å²) >= 11 is 0. The van der Waals surface area contributed by atoms with Crippen molar-refractivity contribution in [1.82, 2.24) is 35.5 Å². The smallest absolute Gasteiger partial charge is 0.188 e. The third-order valence-corrected chi connectivity index (χ3v) is 3.16. The minimum atomic E-state index is 0.107. The number of tetrazole rings is 1. The molecule has 3 aromatic rings. The largest absolute Gasteiger partial charge is 0.330 e. The van der Waals surface area contributed by atoms with Crippen LogP contribution in [0.2, 0.25) is 0 Å². The second-order valence-corrected chi connectivity index (χ2v) is 4.45. The van der Waals surface area contributed by atoms with E-state index in [1.165, 1.54) is 0 Å². The second-order valence-electron chi connectivity index (χ2n) is 4.45. The molecule has 1 unspecified atom stereocenters. The lowest BCUT2D eigenvalue weighted by molar-refractivity contribution is 0.522. The van der Waals surface area contributed by atoms with Gasteiger partial charge in [0.15, 0.2) is 5.82 Å². The standard InChI is InChI=1S/C12H15N7/c1-8(13-7-11-15-17-18-16-11)12-14-9-5-3-4-6-10(9)19(12)2/h3-6,8,13H,7H2,1-2H3,(H,15,16,17,18). The fraction of sp³-hybridized carbons (Fsp3) is 0.333. The van der Waals surface area contributed by atoms with Crippen molar-refractivity contribution < 1.29 is 0 Å². The van der Waals surface area contributed by atoms with Crippen molar-refractivity contribution in [1.29, 1.82) is 0 Å². The molecule has 2 N–H and O–H groups in total. The Morgan fingerprint density at radius 1 is 1.37 bits per heavy atom. The fourth-order valence-corrected chi connectivity index (χ4v) is 2.14. The number of para-hydroxylation sites is 2. The Bertz CT molecular complexity index is 671. The molecule has 0 saturated carbocycles. The summed E-state index contributed by atoms with van der Waals surface area (Å²) in [5.41, 5.74) is 2.14. The van der Waals surface area contributed by atoms with E-state index in [-0.39, 0.29) is 6.04 Å². The minimum absolute atomic E-state index is 0.107. The molecule has 0 aliphatic carbocycles. The highest BCUT2D eigenvalue weighted by atomic mass is 15.5. The number of hydrogen-bond acceptors (Lipinski definition) is 5. The number of fused-ring (bicyclic) bond motifs is 1. The molecule has 0 spiro atoms. The van der Waals surface area contributed by atoms with Crippen LogP contribution >= 0.6 is 0 Å². The highest BCUT2D eigenvalue weighted by Gasteiger charge is 2.14. The molecular weight excluding hydrogens is 242 g/mol. The molecule has 0 saturated heterocycles. The summed E-state index contributed by atoms with van der Waals surface area (Å²) in [5.74, 6) is 1.63. The van der Waals surface area contributed by atoms with Crippen molar-refractivity contribution in [3.05, 3.63) is 35.9 Å². The quantitative estimate of drug-likeness (QED) is 0.726. The average Bonchev–Trinajstić information content (AvgIpc) is 3.05. The van der Waals surface area contributed by atoms with Crippen LogP contribution in [0.3, 0.4) is 0 Å². The van der Waals surface area contributed by atoms with Crippen molar-refractivity contribution in [3.63, 3.8) is 0 Å². The highest BCUT2D eigenvalue weighted by Crippen LogP contribution is 2.19. The van der Waals surface area contributed by atoms with Gasteiger partial charge in [-0.05, 0) is 19.1 Å². The highest BCUT2D eigenvalue weighted by molar-refractivity contribution is 5.75. The molecule has 2 aromatic heterocycles. The average molecular weight is 257 g/mol. The maximum absolute atomic E-state index is 4.65. The lowest BCUT2D eigenvalue weighted by Gasteiger charge is -2.12. The molecule has 0 bridgehead atoms. The van der Waals surface area contributed by atoms with Crippen LogP contribution in [-0.2, 0) is 13.6 Å². The number of hydrogen-bond donors (Lipinski definition) is 2. The topological polar surface area (TPSA) is 84.3 Å². The van der Waals surface area contributed by atoms with E-state index in [9.17, 15) is 0 Å². The van der Waals surface area contributed by atoms with Gasteiger partial charge in [0.25, 0.3) is 0 Å². The monoisotopic (exact) mass is 257 g/mol. The number of rotatable bonds is 4. The number of aryl methyl sites for hydroxylation is 1. The third kappa shape index (κ3) is 2.19. The Morgan fingerprint density at radius 3 is 2.95 bits per heavy atom. The molecule has 1 aromatic carbocycles. The van der Waals surface area contributed by atoms with E-state index in [0.717, 1.165) is 16.9 Å². The van der Waals surface area contributed by atoms with Crippen molar-refractivity contribution in [2.45, 2.75) is 19.5 Å². The Labute approximate surface area is 110 Å². The van der Waals surface area contributed by atoms with Gasteiger partial charge in [0.2, 0.25) is 0 Å². The Kier molecular flexibility index (Phi) is 2.96. The predicted octanol–water partition coefficient (Wildman–Crippen LogP) is 0.937. The summed E-state index contributed by atoms with van der Waals surface area (Å²) in [6, 6.07) is 8.21. The van der Waals surface area contributed by atoms with Crippen molar-refractivity contribution in [3.8, 4) is 0 Å². The summed E-state index contributed by atoms with van der Waals surface area (Å²) in [7, 11) is 2.02. The molecule has 0 aliphatic rings. The SMILES string of the molecule is CC(NCc1nn[nH]n1)c1nc2ccccc2n1C. The number of imidazole rings is 1. The van der Waals surface area contributed by atoms with Crippen LogP contribution in [0.25, 0.3) is 11.0 Å². The molecule has 7 heteroatoms. The molecule has 3 rings (SSSR count). The molecule has 0 amide bonds. The normalized spacial score (nSPS) is 12.9. The van der Waals surface area contributed by atoms with E-state index in [2.05, 4.69) is 48.5 Å². The first kappa shape index (κ1) is 11.8. The summed E-state index contributed by atoms with van der Waals surface area (Å²) in [4.78, 5) is 4.65. The lowest BCUT2D eigenvalue weighted by atomic mass is 10.3. The van der Waals surface area contributed by atoms with Gasteiger partial charge >= 0.3 is 0 Å². The number of aromatic amines is 1. The van der Waals surface area contributed by atoms with Gasteiger partial charge in [-0.2, -0.15) is 5.21 Å². The Morgan fingerprint density at radius 2 is 2.21 bits per heavy atom. The number of nitrogens with zero attached hydrogens (tertiary/aromatic N) is 5. The zero-order valence-corrected chi connectivity index (χ0v) is 10.8. The van der Waals surface area contributed by atoms with E-state index in [1.54, 1.807) is 0 Å². The molecule has 0 fully saturated rings. The van der Waals surface area contributed by atoms with Gasteiger partial charge in [0.05, 0.1) is 23.6 Å². The van der Waals surface area contributed by atoms with Gasteiger partial charge in [-0.15, -0.1) is 10.2 Å². The van der Waals surface area contributed by atoms with E-state index in [0.29, 0.717) is 12.4 Å². The third-order valence-electron chi connectivity index (χ3n) is 3.16. The lowest BCUT2D eigenvalue weighted by Crippen LogP contribution is -2.21. The zero-order valence-electron chi connectivity index (χ0n) is 10.8. The van der Waals surface area contributed by atoms with Crippen LogP contribution < -0.4 is 5.32 Å². The number of aromatic nitrogens is 6. The molecule has 1 atom stereocenters. The first-order valence-corrected chi connectivity index (χ1v) is 6.13. The van der Waals surface area contributed by atoms with Crippen LogP contribution in [0, 0.1) is 0 Å². The Hall–Kier alpha value is -2.28. The maximum atomic E-state index is 4.65. The minimum Gasteiger partial charge on any atom is -0.330 e. The van der Waals surface area contributed by atoms with E-state index in [4.69, 9.17) is 0 Å². The first-order valence-electron chi connectivity index (χ1n) is 6.13. The van der Waals surface area contributed by atoms with Crippen LogP contribution in [0.5, 0.6) is 0 Å².